The van der Waals surface area contributed by atoms with E-state index in [1.165, 1.54) is 30.2 Å². The standard InChI is InChI=1S/C18H20N2O6S/c1-20(9-13-4-3-7-27-13)17(22)11-26-18(23)12-5-6-14(15(8-12)24-2)25-10-16(19)21/h3-8H,9-11H2,1-2H3,(H2,19,21). The van der Waals surface area contributed by atoms with Gasteiger partial charge in [0, 0.05) is 11.9 Å². The zero-order valence-corrected chi connectivity index (χ0v) is 15.8. The van der Waals surface area contributed by atoms with E-state index in [-0.39, 0.29) is 36.2 Å². The van der Waals surface area contributed by atoms with Gasteiger partial charge in [-0.2, -0.15) is 0 Å². The fourth-order valence-corrected chi connectivity index (χ4v) is 2.87. The normalized spacial score (nSPS) is 10.1. The zero-order chi connectivity index (χ0) is 19.8. The molecule has 27 heavy (non-hydrogen) atoms. The molecule has 0 saturated carbocycles. The number of ether oxygens (including phenoxy) is 3. The number of rotatable bonds is 9. The van der Waals surface area contributed by atoms with Gasteiger partial charge < -0.3 is 24.8 Å². The summed E-state index contributed by atoms with van der Waals surface area (Å²) in [5.74, 6) is -1.12. The molecule has 9 heteroatoms. The van der Waals surface area contributed by atoms with E-state index in [0.29, 0.717) is 6.54 Å². The van der Waals surface area contributed by atoms with Crippen LogP contribution in [0.2, 0.25) is 0 Å². The third-order valence-electron chi connectivity index (χ3n) is 3.49. The maximum atomic E-state index is 12.2. The molecule has 0 unspecified atom stereocenters. The lowest BCUT2D eigenvalue weighted by Gasteiger charge is -2.16. The van der Waals surface area contributed by atoms with Crippen LogP contribution in [0, 0.1) is 0 Å². The fourth-order valence-electron chi connectivity index (χ4n) is 2.11. The number of hydrogen-bond donors (Lipinski definition) is 1. The molecular weight excluding hydrogens is 372 g/mol. The summed E-state index contributed by atoms with van der Waals surface area (Å²) in [6, 6.07) is 8.14. The second-order valence-electron chi connectivity index (χ2n) is 5.53. The smallest absolute Gasteiger partial charge is 0.338 e. The molecule has 0 radical (unpaired) electrons. The van der Waals surface area contributed by atoms with Crippen molar-refractivity contribution in [3.8, 4) is 11.5 Å². The quantitative estimate of drug-likeness (QED) is 0.647. The molecule has 2 N–H and O–H groups in total. The first-order valence-corrected chi connectivity index (χ1v) is 8.81. The molecule has 0 spiro atoms. The fraction of sp³-hybridized carbons (Fsp3) is 0.278. The van der Waals surface area contributed by atoms with Crippen LogP contribution in [0.3, 0.4) is 0 Å². The van der Waals surface area contributed by atoms with Gasteiger partial charge in [-0.25, -0.2) is 4.79 Å². The van der Waals surface area contributed by atoms with E-state index in [1.54, 1.807) is 18.4 Å². The van der Waals surface area contributed by atoms with Crippen LogP contribution in [0.15, 0.2) is 35.7 Å². The maximum Gasteiger partial charge on any atom is 0.338 e. The highest BCUT2D eigenvalue weighted by molar-refractivity contribution is 7.09. The second kappa shape index (κ2) is 9.58. The highest BCUT2D eigenvalue weighted by Crippen LogP contribution is 2.28. The Balaban J connectivity index is 1.92. The molecule has 8 nitrogen and oxygen atoms in total. The van der Waals surface area contributed by atoms with Gasteiger partial charge >= 0.3 is 5.97 Å². The molecule has 1 aromatic heterocycles. The van der Waals surface area contributed by atoms with Crippen molar-refractivity contribution in [2.24, 2.45) is 5.73 Å². The summed E-state index contributed by atoms with van der Waals surface area (Å²) in [5.41, 5.74) is 5.22. The summed E-state index contributed by atoms with van der Waals surface area (Å²) in [5, 5.41) is 1.93. The van der Waals surface area contributed by atoms with E-state index in [9.17, 15) is 14.4 Å². The van der Waals surface area contributed by atoms with Gasteiger partial charge in [0.1, 0.15) is 0 Å². The Hall–Kier alpha value is -3.07. The number of methoxy groups -OCH3 is 1. The number of benzene rings is 1. The number of likely N-dealkylation sites (N-methyl/N-ethyl adjacent to an activating group) is 1. The number of thiophene rings is 1. The molecule has 0 aliphatic carbocycles. The van der Waals surface area contributed by atoms with Gasteiger partial charge in [0.15, 0.2) is 24.7 Å². The maximum absolute atomic E-state index is 12.2. The summed E-state index contributed by atoms with van der Waals surface area (Å²) in [6.45, 7) is -0.234. The van der Waals surface area contributed by atoms with Gasteiger partial charge in [-0.15, -0.1) is 11.3 Å². The summed E-state index contributed by atoms with van der Waals surface area (Å²) >= 11 is 1.54. The molecule has 2 aromatic rings. The van der Waals surface area contributed by atoms with Crippen LogP contribution >= 0.6 is 11.3 Å². The molecule has 2 rings (SSSR count). The van der Waals surface area contributed by atoms with Crippen LogP contribution in [0.5, 0.6) is 11.5 Å². The van der Waals surface area contributed by atoms with Gasteiger partial charge in [0.05, 0.1) is 19.2 Å². The average Bonchev–Trinajstić information content (AvgIpc) is 3.16. The van der Waals surface area contributed by atoms with Crippen molar-refractivity contribution in [3.63, 3.8) is 0 Å². The largest absolute Gasteiger partial charge is 0.493 e. The predicted molar refractivity (Wildman–Crippen MR) is 98.8 cm³/mol. The molecule has 0 saturated heterocycles. The van der Waals surface area contributed by atoms with Crippen molar-refractivity contribution in [2.75, 3.05) is 27.4 Å². The number of nitrogens with two attached hydrogens (primary N) is 1. The van der Waals surface area contributed by atoms with Gasteiger partial charge in [0.2, 0.25) is 0 Å². The third kappa shape index (κ3) is 6.00. The van der Waals surface area contributed by atoms with Crippen LogP contribution in [0.25, 0.3) is 0 Å². The van der Waals surface area contributed by atoms with E-state index in [1.807, 2.05) is 17.5 Å². The number of carbonyl (C=O) groups is 3. The Labute approximate surface area is 160 Å². The molecule has 2 amide bonds. The van der Waals surface area contributed by atoms with Crippen molar-refractivity contribution in [1.29, 1.82) is 0 Å². The van der Waals surface area contributed by atoms with Crippen LogP contribution in [0.4, 0.5) is 0 Å². The SMILES string of the molecule is COc1cc(C(=O)OCC(=O)N(C)Cc2cccs2)ccc1OCC(N)=O. The first-order chi connectivity index (χ1) is 12.9. The van der Waals surface area contributed by atoms with Crippen LogP contribution < -0.4 is 15.2 Å². The van der Waals surface area contributed by atoms with Gasteiger partial charge in [0.25, 0.3) is 11.8 Å². The molecule has 0 atom stereocenters. The van der Waals surface area contributed by atoms with Crippen molar-refractivity contribution in [1.82, 2.24) is 4.90 Å². The Morgan fingerprint density at radius 2 is 1.93 bits per heavy atom. The molecule has 144 valence electrons. The van der Waals surface area contributed by atoms with Gasteiger partial charge in [-0.05, 0) is 29.6 Å². The Morgan fingerprint density at radius 3 is 2.56 bits per heavy atom. The highest BCUT2D eigenvalue weighted by Gasteiger charge is 2.16. The molecule has 0 fully saturated rings. The number of hydrogen-bond acceptors (Lipinski definition) is 7. The molecule has 0 aliphatic rings. The summed E-state index contributed by atoms with van der Waals surface area (Å²) < 4.78 is 15.4. The number of primary amides is 1. The minimum absolute atomic E-state index is 0.187. The van der Waals surface area contributed by atoms with E-state index < -0.39 is 11.9 Å². The van der Waals surface area contributed by atoms with Crippen LogP contribution in [0.1, 0.15) is 15.2 Å². The van der Waals surface area contributed by atoms with Crippen molar-refractivity contribution >= 4 is 29.1 Å². The van der Waals surface area contributed by atoms with Crippen LogP contribution in [-0.4, -0.2) is 50.1 Å². The first-order valence-electron chi connectivity index (χ1n) is 7.93. The third-order valence-corrected chi connectivity index (χ3v) is 4.36. The number of nitrogens with zero attached hydrogens (tertiary/aromatic N) is 1. The summed E-state index contributed by atoms with van der Waals surface area (Å²) in [7, 11) is 3.04. The second-order valence-corrected chi connectivity index (χ2v) is 6.56. The molecule has 1 aromatic carbocycles. The Morgan fingerprint density at radius 1 is 1.15 bits per heavy atom. The number of amides is 2. The summed E-state index contributed by atoms with van der Waals surface area (Å²) in [4.78, 5) is 37.6. The number of esters is 1. The van der Waals surface area contributed by atoms with Crippen molar-refractivity contribution in [2.45, 2.75) is 6.54 Å². The minimum Gasteiger partial charge on any atom is -0.493 e. The lowest BCUT2D eigenvalue weighted by atomic mass is 10.2. The molecule has 1 heterocycles. The topological polar surface area (TPSA) is 108 Å². The average molecular weight is 392 g/mol. The highest BCUT2D eigenvalue weighted by atomic mass is 32.1. The van der Waals surface area contributed by atoms with Gasteiger partial charge in [-0.3, -0.25) is 9.59 Å². The molecule has 0 bridgehead atoms. The minimum atomic E-state index is -0.673. The Bertz CT molecular complexity index is 806. The lowest BCUT2D eigenvalue weighted by molar-refractivity contribution is -0.133. The monoisotopic (exact) mass is 392 g/mol. The van der Waals surface area contributed by atoms with E-state index in [4.69, 9.17) is 19.9 Å². The van der Waals surface area contributed by atoms with Crippen molar-refractivity contribution < 1.29 is 28.6 Å². The first kappa shape index (κ1) is 20.2. The van der Waals surface area contributed by atoms with Crippen molar-refractivity contribution in [3.05, 3.63) is 46.2 Å². The molecule has 0 aliphatic heterocycles. The lowest BCUT2D eigenvalue weighted by Crippen LogP contribution is -2.30. The zero-order valence-electron chi connectivity index (χ0n) is 15.0. The van der Waals surface area contributed by atoms with Gasteiger partial charge in [-0.1, -0.05) is 6.07 Å². The molecular formula is C18H20N2O6S. The van der Waals surface area contributed by atoms with E-state index >= 15 is 0 Å². The van der Waals surface area contributed by atoms with Crippen LogP contribution in [-0.2, 0) is 20.9 Å². The number of carbonyl (C=O) groups excluding carboxylic acids is 3. The van der Waals surface area contributed by atoms with E-state index in [0.717, 1.165) is 4.88 Å². The summed E-state index contributed by atoms with van der Waals surface area (Å²) in [6.07, 6.45) is 0. The Kier molecular flexibility index (Phi) is 7.18. The predicted octanol–water partition coefficient (Wildman–Crippen LogP) is 1.44. The van der Waals surface area contributed by atoms with E-state index in [2.05, 4.69) is 0 Å².